The van der Waals surface area contributed by atoms with E-state index < -0.39 is 0 Å². The molecule has 1 aliphatic rings. The van der Waals surface area contributed by atoms with Gasteiger partial charge in [0.2, 0.25) is 0 Å². The first-order valence-corrected chi connectivity index (χ1v) is 10.4. The Hall–Kier alpha value is -1.83. The van der Waals surface area contributed by atoms with Crippen molar-refractivity contribution < 1.29 is 19.4 Å². The minimum absolute atomic E-state index is 0.325. The quantitative estimate of drug-likeness (QED) is 0.495. The summed E-state index contributed by atoms with van der Waals surface area (Å²) in [6.45, 7) is 9.24. The molecule has 0 bridgehead atoms. The van der Waals surface area contributed by atoms with Crippen LogP contribution in [-0.4, -0.2) is 55.0 Å². The number of carbonyl (C=O) groups is 2. The van der Waals surface area contributed by atoms with E-state index in [1.165, 1.54) is 6.42 Å². The zero-order valence-corrected chi connectivity index (χ0v) is 18.5. The standard InChI is InChI=1S/C17H22N2O3S.C3H8.CH4O/c1-3-9-19(2)10-4-11-22-14-7-5-13(6-8-14)12-15-16(20)18-17(21)23-15;1-3-2;1-2/h5-8,12H,3-4,9-11H2,1-2H3,(H,18,20,21);3H2,1-2H3;2H,1H3/b15-12-;;. The van der Waals surface area contributed by atoms with Gasteiger partial charge in [-0.25, -0.2) is 0 Å². The SMILES string of the molecule is CCC.CCCN(C)CCCOc1ccc(/C=C2\SC(=O)NC2=O)cc1.CO. The Morgan fingerprint density at radius 3 is 2.21 bits per heavy atom. The van der Waals surface area contributed by atoms with Gasteiger partial charge in [0.05, 0.1) is 11.5 Å². The summed E-state index contributed by atoms with van der Waals surface area (Å²) in [5.41, 5.74) is 0.868. The van der Waals surface area contributed by atoms with Crippen LogP contribution in [0.4, 0.5) is 4.79 Å². The van der Waals surface area contributed by atoms with Gasteiger partial charge < -0.3 is 14.7 Å². The number of thioether (sulfide) groups is 1. The first kappa shape index (κ1) is 26.2. The molecule has 1 aromatic carbocycles. The van der Waals surface area contributed by atoms with Gasteiger partial charge in [-0.2, -0.15) is 0 Å². The Morgan fingerprint density at radius 1 is 1.11 bits per heavy atom. The van der Waals surface area contributed by atoms with Crippen LogP contribution >= 0.6 is 11.8 Å². The number of ether oxygens (including phenoxy) is 1. The summed E-state index contributed by atoms with van der Waals surface area (Å²) in [5, 5.41) is 8.91. The second-order valence-corrected chi connectivity index (χ2v) is 7.15. The Bertz CT molecular complexity index is 603. The highest BCUT2D eigenvalue weighted by Crippen LogP contribution is 2.26. The summed E-state index contributed by atoms with van der Waals surface area (Å²) >= 11 is 0.922. The maximum absolute atomic E-state index is 11.5. The third-order valence-electron chi connectivity index (χ3n) is 3.38. The molecule has 1 saturated heterocycles. The number of benzene rings is 1. The average Bonchev–Trinajstić information content (AvgIpc) is 2.99. The normalized spacial score (nSPS) is 14.2. The van der Waals surface area contributed by atoms with Crippen LogP contribution in [0.1, 0.15) is 45.6 Å². The summed E-state index contributed by atoms with van der Waals surface area (Å²) in [7, 11) is 3.12. The largest absolute Gasteiger partial charge is 0.494 e. The second kappa shape index (κ2) is 16.2. The van der Waals surface area contributed by atoms with Crippen LogP contribution in [0, 0.1) is 0 Å². The van der Waals surface area contributed by atoms with E-state index in [2.05, 4.69) is 38.0 Å². The Morgan fingerprint density at radius 2 is 1.71 bits per heavy atom. The lowest BCUT2D eigenvalue weighted by Crippen LogP contribution is -2.21. The minimum atomic E-state index is -0.337. The number of nitrogens with one attached hydrogen (secondary N) is 1. The molecule has 2 amide bonds. The van der Waals surface area contributed by atoms with Crippen LogP contribution in [0.25, 0.3) is 6.08 Å². The van der Waals surface area contributed by atoms with Crippen LogP contribution in [0.3, 0.4) is 0 Å². The van der Waals surface area contributed by atoms with Gasteiger partial charge in [-0.3, -0.25) is 14.9 Å². The van der Waals surface area contributed by atoms with E-state index in [1.54, 1.807) is 6.08 Å². The lowest BCUT2D eigenvalue weighted by atomic mass is 10.2. The number of aliphatic hydroxyl groups excluding tert-OH is 1. The average molecular weight is 411 g/mol. The molecule has 2 rings (SSSR count). The van der Waals surface area contributed by atoms with Gasteiger partial charge in [0.25, 0.3) is 11.1 Å². The summed E-state index contributed by atoms with van der Waals surface area (Å²) < 4.78 is 5.71. The van der Waals surface area contributed by atoms with Gasteiger partial charge in [-0.1, -0.05) is 39.3 Å². The minimum Gasteiger partial charge on any atom is -0.494 e. The molecular formula is C21H34N2O4S. The van der Waals surface area contributed by atoms with E-state index in [9.17, 15) is 9.59 Å². The highest BCUT2D eigenvalue weighted by molar-refractivity contribution is 8.18. The monoisotopic (exact) mass is 410 g/mol. The van der Waals surface area contributed by atoms with Gasteiger partial charge in [0, 0.05) is 13.7 Å². The fourth-order valence-electron chi connectivity index (χ4n) is 2.25. The highest BCUT2D eigenvalue weighted by Gasteiger charge is 2.24. The van der Waals surface area contributed by atoms with Crippen molar-refractivity contribution in [2.45, 2.75) is 40.0 Å². The summed E-state index contributed by atoms with van der Waals surface area (Å²) in [6.07, 6.45) is 5.10. The second-order valence-electron chi connectivity index (χ2n) is 6.13. The Labute approximate surface area is 173 Å². The Balaban J connectivity index is 0.00000133. The fraction of sp³-hybridized carbons (Fsp3) is 0.524. The summed E-state index contributed by atoms with van der Waals surface area (Å²) in [6, 6.07) is 7.51. The van der Waals surface area contributed by atoms with E-state index >= 15 is 0 Å². The molecule has 1 heterocycles. The van der Waals surface area contributed by atoms with Gasteiger partial charge in [-0.15, -0.1) is 0 Å². The number of amides is 2. The van der Waals surface area contributed by atoms with Crippen molar-refractivity contribution in [3.8, 4) is 5.75 Å². The van der Waals surface area contributed by atoms with Crippen molar-refractivity contribution in [1.82, 2.24) is 10.2 Å². The van der Waals surface area contributed by atoms with Crippen molar-refractivity contribution in [3.63, 3.8) is 0 Å². The number of imide groups is 1. The fourth-order valence-corrected chi connectivity index (χ4v) is 2.93. The van der Waals surface area contributed by atoms with Crippen LogP contribution in [-0.2, 0) is 4.79 Å². The third-order valence-corrected chi connectivity index (χ3v) is 4.19. The van der Waals surface area contributed by atoms with E-state index in [4.69, 9.17) is 9.84 Å². The number of carbonyl (C=O) groups excluding carboxylic acids is 2. The number of aliphatic hydroxyl groups is 1. The number of nitrogens with zero attached hydrogens (tertiary/aromatic N) is 1. The molecule has 0 spiro atoms. The van der Waals surface area contributed by atoms with Crippen LogP contribution in [0.2, 0.25) is 0 Å². The molecule has 0 aliphatic carbocycles. The van der Waals surface area contributed by atoms with E-state index in [-0.39, 0.29) is 11.1 Å². The Kier molecular flexibility index (Phi) is 15.1. The number of hydrogen-bond acceptors (Lipinski definition) is 6. The van der Waals surface area contributed by atoms with Crippen LogP contribution in [0.5, 0.6) is 5.75 Å². The van der Waals surface area contributed by atoms with Gasteiger partial charge >= 0.3 is 0 Å². The van der Waals surface area contributed by atoms with E-state index in [0.717, 1.165) is 56.1 Å². The highest BCUT2D eigenvalue weighted by atomic mass is 32.2. The van der Waals surface area contributed by atoms with Crippen molar-refractivity contribution in [2.75, 3.05) is 33.9 Å². The van der Waals surface area contributed by atoms with Crippen LogP contribution < -0.4 is 10.1 Å². The third kappa shape index (κ3) is 11.1. The first-order valence-electron chi connectivity index (χ1n) is 9.61. The molecule has 1 fully saturated rings. The zero-order chi connectivity index (χ0) is 21.4. The number of hydrogen-bond donors (Lipinski definition) is 2. The van der Waals surface area contributed by atoms with E-state index in [1.807, 2.05) is 24.3 Å². The summed E-state index contributed by atoms with van der Waals surface area (Å²) in [5.74, 6) is 0.474. The molecule has 6 nitrogen and oxygen atoms in total. The van der Waals surface area contributed by atoms with Crippen molar-refractivity contribution in [1.29, 1.82) is 0 Å². The van der Waals surface area contributed by atoms with Gasteiger partial charge in [0.1, 0.15) is 5.75 Å². The topological polar surface area (TPSA) is 78.9 Å². The molecule has 0 atom stereocenters. The van der Waals surface area contributed by atoms with Gasteiger partial charge in [0.15, 0.2) is 0 Å². The molecule has 1 aliphatic heterocycles. The lowest BCUT2D eigenvalue weighted by molar-refractivity contribution is -0.115. The van der Waals surface area contributed by atoms with Crippen molar-refractivity contribution in [3.05, 3.63) is 34.7 Å². The predicted octanol–water partition coefficient (Wildman–Crippen LogP) is 4.15. The molecule has 7 heteroatoms. The molecule has 1 aromatic rings. The maximum atomic E-state index is 11.5. The molecule has 2 N–H and O–H groups in total. The molecule has 28 heavy (non-hydrogen) atoms. The first-order chi connectivity index (χ1) is 13.5. The molecule has 0 unspecified atom stereocenters. The molecule has 0 saturated carbocycles. The maximum Gasteiger partial charge on any atom is 0.290 e. The molecule has 0 radical (unpaired) electrons. The van der Waals surface area contributed by atoms with Gasteiger partial charge in [-0.05, 0) is 62.0 Å². The van der Waals surface area contributed by atoms with Crippen LogP contribution in [0.15, 0.2) is 29.2 Å². The van der Waals surface area contributed by atoms with E-state index in [0.29, 0.717) is 11.5 Å². The zero-order valence-electron chi connectivity index (χ0n) is 17.7. The molecular weight excluding hydrogens is 376 g/mol. The molecule has 158 valence electrons. The van der Waals surface area contributed by atoms with Crippen molar-refractivity contribution in [2.24, 2.45) is 0 Å². The predicted molar refractivity (Wildman–Crippen MR) is 118 cm³/mol. The number of rotatable bonds is 8. The smallest absolute Gasteiger partial charge is 0.290 e. The lowest BCUT2D eigenvalue weighted by Gasteiger charge is -2.15. The molecule has 0 aromatic heterocycles. The summed E-state index contributed by atoms with van der Waals surface area (Å²) in [4.78, 5) is 25.3. The van der Waals surface area contributed by atoms with Crippen molar-refractivity contribution >= 4 is 29.0 Å².